The number of nitrogens with two attached hydrogens (primary N) is 1. The van der Waals surface area contributed by atoms with Gasteiger partial charge in [-0.15, -0.1) is 0 Å². The molecule has 0 saturated carbocycles. The smallest absolute Gasteiger partial charge is 0.256 e. The molecule has 5 heteroatoms. The molecule has 74 valence electrons. The van der Waals surface area contributed by atoms with Gasteiger partial charge in [-0.25, -0.2) is 4.52 Å². The van der Waals surface area contributed by atoms with E-state index in [0.29, 0.717) is 17.0 Å². The third-order valence-electron chi connectivity index (χ3n) is 2.21. The van der Waals surface area contributed by atoms with E-state index < -0.39 is 0 Å². The summed E-state index contributed by atoms with van der Waals surface area (Å²) in [7, 11) is 0. The first-order valence-electron chi connectivity index (χ1n) is 4.46. The molecule has 0 aliphatic carbocycles. The van der Waals surface area contributed by atoms with Gasteiger partial charge in [-0.1, -0.05) is 13.8 Å². The van der Waals surface area contributed by atoms with Crippen LogP contribution in [-0.2, 0) is 0 Å². The molecule has 2 aromatic heterocycles. The van der Waals surface area contributed by atoms with Gasteiger partial charge in [0.1, 0.15) is 11.5 Å². The maximum Gasteiger partial charge on any atom is 0.256 e. The van der Waals surface area contributed by atoms with Gasteiger partial charge in [0, 0.05) is 6.07 Å². The number of aromatic amines is 1. The van der Waals surface area contributed by atoms with Crippen molar-refractivity contribution in [1.29, 1.82) is 0 Å². The number of nitrogens with one attached hydrogen (secondary N) is 1. The Morgan fingerprint density at radius 2 is 2.29 bits per heavy atom. The van der Waals surface area contributed by atoms with Crippen LogP contribution in [0.5, 0.6) is 0 Å². The molecule has 2 heterocycles. The van der Waals surface area contributed by atoms with Gasteiger partial charge >= 0.3 is 0 Å². The number of hydrogen-bond donors (Lipinski definition) is 2. The van der Waals surface area contributed by atoms with Crippen molar-refractivity contribution in [2.45, 2.75) is 19.8 Å². The Bertz CT molecular complexity index is 523. The van der Waals surface area contributed by atoms with E-state index in [0.717, 1.165) is 0 Å². The standard InChI is InChI=1S/C9H12N4O/c1-5(2)7-8(10)13-6(3-4-11-13)12-9(7)14/h3-5H,10H2,1-2H3,(H,12,14). The Kier molecular flexibility index (Phi) is 1.80. The van der Waals surface area contributed by atoms with Crippen LogP contribution >= 0.6 is 0 Å². The van der Waals surface area contributed by atoms with E-state index >= 15 is 0 Å². The summed E-state index contributed by atoms with van der Waals surface area (Å²) in [4.78, 5) is 14.3. The van der Waals surface area contributed by atoms with Crippen LogP contribution in [0.15, 0.2) is 17.1 Å². The highest BCUT2D eigenvalue weighted by atomic mass is 16.1. The minimum Gasteiger partial charge on any atom is -0.383 e. The summed E-state index contributed by atoms with van der Waals surface area (Å²) >= 11 is 0. The highest BCUT2D eigenvalue weighted by Gasteiger charge is 2.13. The lowest BCUT2D eigenvalue weighted by molar-refractivity contribution is 0.816. The SMILES string of the molecule is CC(C)c1c(N)n2nccc2[nH]c1=O. The first-order chi connectivity index (χ1) is 6.61. The number of nitrogens with zero attached hydrogens (tertiary/aromatic N) is 2. The van der Waals surface area contributed by atoms with Crippen LogP contribution < -0.4 is 11.3 Å². The summed E-state index contributed by atoms with van der Waals surface area (Å²) in [6, 6.07) is 1.71. The van der Waals surface area contributed by atoms with Gasteiger partial charge in [0.2, 0.25) is 0 Å². The van der Waals surface area contributed by atoms with Crippen molar-refractivity contribution in [2.24, 2.45) is 0 Å². The highest BCUT2D eigenvalue weighted by Crippen LogP contribution is 2.16. The molecule has 0 amide bonds. The van der Waals surface area contributed by atoms with Crippen LogP contribution in [0.3, 0.4) is 0 Å². The third kappa shape index (κ3) is 1.09. The lowest BCUT2D eigenvalue weighted by atomic mass is 10.1. The quantitative estimate of drug-likeness (QED) is 0.699. The van der Waals surface area contributed by atoms with Gasteiger partial charge < -0.3 is 10.7 Å². The van der Waals surface area contributed by atoms with Crippen LogP contribution in [0.1, 0.15) is 25.3 Å². The van der Waals surface area contributed by atoms with Crippen LogP contribution in [0.2, 0.25) is 0 Å². The topological polar surface area (TPSA) is 76.2 Å². The zero-order valence-corrected chi connectivity index (χ0v) is 8.11. The number of rotatable bonds is 1. The minimum atomic E-state index is -0.134. The fourth-order valence-corrected chi connectivity index (χ4v) is 1.56. The van der Waals surface area contributed by atoms with Gasteiger partial charge in [0.15, 0.2) is 0 Å². The Morgan fingerprint density at radius 1 is 1.57 bits per heavy atom. The van der Waals surface area contributed by atoms with Crippen molar-refractivity contribution in [1.82, 2.24) is 14.6 Å². The number of anilines is 1. The molecule has 5 nitrogen and oxygen atoms in total. The molecule has 0 aromatic carbocycles. The second-order valence-electron chi connectivity index (χ2n) is 3.54. The summed E-state index contributed by atoms with van der Waals surface area (Å²) < 4.78 is 1.54. The van der Waals surface area contributed by atoms with E-state index in [-0.39, 0.29) is 11.5 Å². The van der Waals surface area contributed by atoms with Gasteiger partial charge in [0.25, 0.3) is 5.56 Å². The number of fused-ring (bicyclic) bond motifs is 1. The van der Waals surface area contributed by atoms with E-state index in [2.05, 4.69) is 10.1 Å². The zero-order chi connectivity index (χ0) is 10.3. The van der Waals surface area contributed by atoms with Crippen molar-refractivity contribution >= 4 is 11.5 Å². The number of aromatic nitrogens is 3. The predicted molar refractivity (Wildman–Crippen MR) is 54.3 cm³/mol. The van der Waals surface area contributed by atoms with Crippen LogP contribution in [0.4, 0.5) is 5.82 Å². The van der Waals surface area contributed by atoms with Crippen molar-refractivity contribution in [3.05, 3.63) is 28.2 Å². The lowest BCUT2D eigenvalue weighted by Crippen LogP contribution is -2.20. The lowest BCUT2D eigenvalue weighted by Gasteiger charge is -2.08. The second-order valence-corrected chi connectivity index (χ2v) is 3.54. The van der Waals surface area contributed by atoms with E-state index in [1.807, 2.05) is 13.8 Å². The fourth-order valence-electron chi connectivity index (χ4n) is 1.56. The Morgan fingerprint density at radius 3 is 2.93 bits per heavy atom. The van der Waals surface area contributed by atoms with Crippen LogP contribution in [-0.4, -0.2) is 14.6 Å². The van der Waals surface area contributed by atoms with Gasteiger partial charge in [-0.05, 0) is 5.92 Å². The maximum atomic E-state index is 11.6. The number of nitrogen functional groups attached to an aromatic ring is 1. The summed E-state index contributed by atoms with van der Waals surface area (Å²) in [6.07, 6.45) is 1.60. The highest BCUT2D eigenvalue weighted by molar-refractivity contribution is 5.50. The van der Waals surface area contributed by atoms with Gasteiger partial charge in [-0.2, -0.15) is 5.10 Å². The van der Waals surface area contributed by atoms with E-state index in [9.17, 15) is 4.79 Å². The molecule has 0 fully saturated rings. The Balaban J connectivity index is 2.89. The molecule has 0 saturated heterocycles. The molecule has 0 unspecified atom stereocenters. The monoisotopic (exact) mass is 192 g/mol. The van der Waals surface area contributed by atoms with Crippen molar-refractivity contribution in [3.63, 3.8) is 0 Å². The molecular formula is C9H12N4O. The summed E-state index contributed by atoms with van der Waals surface area (Å²) in [5.74, 6) is 0.510. The van der Waals surface area contributed by atoms with Crippen molar-refractivity contribution in [2.75, 3.05) is 5.73 Å². The largest absolute Gasteiger partial charge is 0.383 e. The first-order valence-corrected chi connectivity index (χ1v) is 4.46. The summed E-state index contributed by atoms with van der Waals surface area (Å²) in [5.41, 5.74) is 6.92. The Hall–Kier alpha value is -1.78. The molecule has 0 spiro atoms. The van der Waals surface area contributed by atoms with Crippen molar-refractivity contribution < 1.29 is 0 Å². The molecule has 0 radical (unpaired) electrons. The first kappa shape index (κ1) is 8.80. The van der Waals surface area contributed by atoms with E-state index in [1.165, 1.54) is 4.52 Å². The molecule has 0 aliphatic heterocycles. The molecule has 0 bridgehead atoms. The summed E-state index contributed by atoms with van der Waals surface area (Å²) in [6.45, 7) is 3.85. The number of H-pyrrole nitrogens is 1. The average Bonchev–Trinajstić information content (AvgIpc) is 2.50. The minimum absolute atomic E-state index is 0.0901. The fraction of sp³-hybridized carbons (Fsp3) is 0.333. The maximum absolute atomic E-state index is 11.6. The zero-order valence-electron chi connectivity index (χ0n) is 8.11. The second kappa shape index (κ2) is 2.87. The normalized spacial score (nSPS) is 11.4. The molecule has 0 atom stereocenters. The molecular weight excluding hydrogens is 180 g/mol. The van der Waals surface area contributed by atoms with Crippen LogP contribution in [0.25, 0.3) is 5.65 Å². The molecule has 2 rings (SSSR count). The molecule has 2 aromatic rings. The molecule has 14 heavy (non-hydrogen) atoms. The van der Waals surface area contributed by atoms with Crippen molar-refractivity contribution in [3.8, 4) is 0 Å². The molecule has 0 aliphatic rings. The van der Waals surface area contributed by atoms with Gasteiger partial charge in [-0.3, -0.25) is 4.79 Å². The van der Waals surface area contributed by atoms with Gasteiger partial charge in [0.05, 0.1) is 11.8 Å². The number of hydrogen-bond acceptors (Lipinski definition) is 3. The van der Waals surface area contributed by atoms with E-state index in [4.69, 9.17) is 5.73 Å². The van der Waals surface area contributed by atoms with E-state index in [1.54, 1.807) is 12.3 Å². The predicted octanol–water partition coefficient (Wildman–Crippen LogP) is 0.728. The molecule has 3 N–H and O–H groups in total. The summed E-state index contributed by atoms with van der Waals surface area (Å²) in [5, 5.41) is 4.02. The third-order valence-corrected chi connectivity index (χ3v) is 2.21. The Labute approximate surface area is 80.6 Å². The van der Waals surface area contributed by atoms with Crippen LogP contribution in [0, 0.1) is 0 Å². The average molecular weight is 192 g/mol.